The number of ketones is 5. The third-order valence-electron chi connectivity index (χ3n) is 8.49. The minimum Gasteiger partial charge on any atom is -0.383 e. The van der Waals surface area contributed by atoms with Gasteiger partial charge in [-0.05, 0) is 64.3 Å². The van der Waals surface area contributed by atoms with Gasteiger partial charge in [0.2, 0.25) is 0 Å². The zero-order valence-corrected chi connectivity index (χ0v) is 30.6. The molecule has 0 bridgehead atoms. The highest BCUT2D eigenvalue weighted by atomic mass is 16.1. The molecule has 0 aliphatic rings. The summed E-state index contributed by atoms with van der Waals surface area (Å²) in [6, 6.07) is 5.36. The maximum absolute atomic E-state index is 13.5. The fraction of sp³-hybridized carbons (Fsp3) is 0.711. The van der Waals surface area contributed by atoms with Gasteiger partial charge in [0.1, 0.15) is 17.3 Å². The number of carbonyl (C=O) groups is 5. The minimum absolute atomic E-state index is 0.0130. The predicted octanol–water partition coefficient (Wildman–Crippen LogP) is 7.19. The molecule has 0 amide bonds. The molecule has 0 aromatic heterocycles. The summed E-state index contributed by atoms with van der Waals surface area (Å²) in [5, 5.41) is 6.72. The first-order valence-electron chi connectivity index (χ1n) is 17.5. The number of carbonyl (C=O) groups excluding carboxylic acids is 5. The molecule has 0 heterocycles. The first-order chi connectivity index (χ1) is 21.5. The molecule has 1 aromatic rings. The molecule has 0 aliphatic heterocycles. The maximum Gasteiger partial charge on any atom is 0.165 e. The Labute approximate surface area is 279 Å². The molecule has 0 saturated carbocycles. The lowest BCUT2D eigenvalue weighted by Gasteiger charge is -2.31. The predicted molar refractivity (Wildman–Crippen MR) is 189 cm³/mol. The summed E-state index contributed by atoms with van der Waals surface area (Å²) in [5.41, 5.74) is 1.75. The van der Waals surface area contributed by atoms with Crippen LogP contribution in [0, 0.1) is 23.7 Å². The topological polar surface area (TPSA) is 113 Å². The van der Waals surface area contributed by atoms with Crippen molar-refractivity contribution in [2.45, 2.75) is 133 Å². The number of anilines is 1. The van der Waals surface area contributed by atoms with Gasteiger partial charge in [-0.1, -0.05) is 68.7 Å². The second kappa shape index (κ2) is 20.5. The van der Waals surface area contributed by atoms with Crippen LogP contribution in [0.15, 0.2) is 18.2 Å². The van der Waals surface area contributed by atoms with Crippen molar-refractivity contribution in [1.82, 2.24) is 10.2 Å². The van der Waals surface area contributed by atoms with E-state index in [0.29, 0.717) is 42.9 Å². The Morgan fingerprint density at radius 3 is 1.72 bits per heavy atom. The lowest BCUT2D eigenvalue weighted by Crippen LogP contribution is -2.48. The maximum atomic E-state index is 13.5. The molecule has 0 aliphatic carbocycles. The van der Waals surface area contributed by atoms with Gasteiger partial charge in [0.15, 0.2) is 11.6 Å². The number of unbranched alkanes of at least 4 members (excludes halogenated alkanes) is 1. The van der Waals surface area contributed by atoms with Gasteiger partial charge in [-0.25, -0.2) is 0 Å². The van der Waals surface area contributed by atoms with Crippen molar-refractivity contribution in [3.8, 4) is 0 Å². The number of hydrogen-bond donors (Lipinski definition) is 2. The quantitative estimate of drug-likeness (QED) is 0.0901. The highest BCUT2D eigenvalue weighted by molar-refractivity contribution is 6.04. The van der Waals surface area contributed by atoms with Crippen LogP contribution in [0.2, 0.25) is 0 Å². The molecule has 1 aromatic carbocycles. The summed E-state index contributed by atoms with van der Waals surface area (Å²) < 4.78 is 0. The normalized spacial score (nSPS) is 13.8. The first kappa shape index (κ1) is 41.3. The standard InChI is InChI=1S/C38H63N3O5/c1-12-34(42)33(15-13-14-18-39-26(6)7)41(22-35(43)24(2)3)23-36(44)28(10)16-17-29(11)38(46)31-19-30(37(45)25(4)5)20-32(21-31)40-27(8)9/h19-21,24-29,33,39-40H,12-18,22-23H2,1-11H3. The first-order valence-corrected chi connectivity index (χ1v) is 17.5. The van der Waals surface area contributed by atoms with Crippen LogP contribution in [0.1, 0.15) is 135 Å². The molecule has 2 N–H and O–H groups in total. The third-order valence-corrected chi connectivity index (χ3v) is 8.49. The van der Waals surface area contributed by atoms with E-state index in [0.717, 1.165) is 25.1 Å². The summed E-state index contributed by atoms with van der Waals surface area (Å²) in [6.07, 6.45) is 3.71. The summed E-state index contributed by atoms with van der Waals surface area (Å²) in [6.45, 7) is 22.1. The van der Waals surface area contributed by atoms with Crippen LogP contribution in [-0.2, 0) is 14.4 Å². The Kier molecular flexibility index (Phi) is 18.4. The molecule has 3 unspecified atom stereocenters. The van der Waals surface area contributed by atoms with E-state index in [4.69, 9.17) is 0 Å². The Morgan fingerprint density at radius 1 is 0.630 bits per heavy atom. The minimum atomic E-state index is -0.474. The summed E-state index contributed by atoms with van der Waals surface area (Å²) in [5.74, 6) is -1.11. The van der Waals surface area contributed by atoms with Crippen LogP contribution in [0.25, 0.3) is 0 Å². The highest BCUT2D eigenvalue weighted by Crippen LogP contribution is 2.24. The van der Waals surface area contributed by atoms with Crippen molar-refractivity contribution in [1.29, 1.82) is 0 Å². The number of benzene rings is 1. The molecule has 0 spiro atoms. The van der Waals surface area contributed by atoms with Gasteiger partial charge in [0.05, 0.1) is 19.1 Å². The smallest absolute Gasteiger partial charge is 0.165 e. The van der Waals surface area contributed by atoms with Crippen molar-refractivity contribution < 1.29 is 24.0 Å². The molecule has 0 saturated heterocycles. The SMILES string of the molecule is CCC(=O)C(CCCCNC(C)C)N(CC(=O)C(C)C)CC(=O)C(C)CCC(C)C(=O)c1cc(NC(C)C)cc(C(=O)C(C)C)c1. The number of rotatable bonds is 24. The van der Waals surface area contributed by atoms with Crippen molar-refractivity contribution in [3.63, 3.8) is 0 Å². The van der Waals surface area contributed by atoms with E-state index in [9.17, 15) is 24.0 Å². The van der Waals surface area contributed by atoms with Crippen LogP contribution in [0.5, 0.6) is 0 Å². The van der Waals surface area contributed by atoms with E-state index < -0.39 is 6.04 Å². The zero-order valence-electron chi connectivity index (χ0n) is 30.6. The van der Waals surface area contributed by atoms with Gasteiger partial charge in [-0.15, -0.1) is 0 Å². The average Bonchev–Trinajstić information content (AvgIpc) is 2.98. The molecule has 46 heavy (non-hydrogen) atoms. The number of hydrogen-bond acceptors (Lipinski definition) is 8. The summed E-state index contributed by atoms with van der Waals surface area (Å²) in [4.78, 5) is 67.6. The summed E-state index contributed by atoms with van der Waals surface area (Å²) in [7, 11) is 0. The average molecular weight is 642 g/mol. The van der Waals surface area contributed by atoms with Crippen LogP contribution in [-0.4, -0.2) is 71.6 Å². The molecule has 260 valence electrons. The number of nitrogens with one attached hydrogen (secondary N) is 2. The molecule has 3 atom stereocenters. The Hall–Kier alpha value is -2.71. The van der Waals surface area contributed by atoms with E-state index in [1.807, 2.05) is 62.3 Å². The van der Waals surface area contributed by atoms with E-state index in [2.05, 4.69) is 24.5 Å². The molecular weight excluding hydrogens is 578 g/mol. The van der Waals surface area contributed by atoms with Gasteiger partial charge < -0.3 is 10.6 Å². The van der Waals surface area contributed by atoms with Gasteiger partial charge in [-0.3, -0.25) is 28.9 Å². The van der Waals surface area contributed by atoms with Crippen LogP contribution in [0.4, 0.5) is 5.69 Å². The molecule has 0 radical (unpaired) electrons. The van der Waals surface area contributed by atoms with Crippen molar-refractivity contribution in [2.24, 2.45) is 23.7 Å². The zero-order chi connectivity index (χ0) is 35.1. The molecule has 8 heteroatoms. The second-order valence-electron chi connectivity index (χ2n) is 14.3. The van der Waals surface area contributed by atoms with E-state index in [1.54, 1.807) is 23.1 Å². The lowest BCUT2D eigenvalue weighted by molar-refractivity contribution is -0.131. The van der Waals surface area contributed by atoms with E-state index in [-0.39, 0.29) is 71.7 Å². The number of Topliss-reactive ketones (excluding diaryl/α,β-unsaturated/α-hetero) is 5. The van der Waals surface area contributed by atoms with Crippen molar-refractivity contribution in [3.05, 3.63) is 29.3 Å². The Bertz CT molecular complexity index is 1160. The molecule has 1 rings (SSSR count). The van der Waals surface area contributed by atoms with Gasteiger partial charge >= 0.3 is 0 Å². The van der Waals surface area contributed by atoms with Gasteiger partial charge in [0, 0.05) is 59.0 Å². The Balaban J connectivity index is 3.04. The largest absolute Gasteiger partial charge is 0.383 e. The van der Waals surface area contributed by atoms with Gasteiger partial charge in [0.25, 0.3) is 0 Å². The lowest BCUT2D eigenvalue weighted by atomic mass is 9.88. The van der Waals surface area contributed by atoms with E-state index >= 15 is 0 Å². The monoisotopic (exact) mass is 641 g/mol. The fourth-order valence-corrected chi connectivity index (χ4v) is 5.39. The van der Waals surface area contributed by atoms with Crippen molar-refractivity contribution >= 4 is 34.6 Å². The summed E-state index contributed by atoms with van der Waals surface area (Å²) >= 11 is 0. The second-order valence-corrected chi connectivity index (χ2v) is 14.3. The van der Waals surface area contributed by atoms with Crippen LogP contribution in [0.3, 0.4) is 0 Å². The van der Waals surface area contributed by atoms with Crippen molar-refractivity contribution in [2.75, 3.05) is 25.0 Å². The highest BCUT2D eigenvalue weighted by Gasteiger charge is 2.30. The van der Waals surface area contributed by atoms with E-state index in [1.165, 1.54) is 0 Å². The van der Waals surface area contributed by atoms with Crippen LogP contribution >= 0.6 is 0 Å². The molecular formula is C38H63N3O5. The molecule has 8 nitrogen and oxygen atoms in total. The fourth-order valence-electron chi connectivity index (χ4n) is 5.39. The van der Waals surface area contributed by atoms with Gasteiger partial charge in [-0.2, -0.15) is 0 Å². The number of nitrogens with zero attached hydrogens (tertiary/aromatic N) is 1. The Morgan fingerprint density at radius 2 is 1.20 bits per heavy atom. The third kappa shape index (κ3) is 14.4. The van der Waals surface area contributed by atoms with Crippen LogP contribution < -0.4 is 10.6 Å². The molecule has 0 fully saturated rings.